The number of carbonyl (C=O) groups is 1. The molecule has 0 aliphatic rings. The normalized spacial score (nSPS) is 10.7. The summed E-state index contributed by atoms with van der Waals surface area (Å²) in [4.78, 5) is 21.0. The van der Waals surface area contributed by atoms with Crippen molar-refractivity contribution >= 4 is 11.6 Å². The summed E-state index contributed by atoms with van der Waals surface area (Å²) in [6.45, 7) is 5.77. The Morgan fingerprint density at radius 3 is 2.56 bits per heavy atom. The van der Waals surface area contributed by atoms with Crippen LogP contribution in [0.3, 0.4) is 0 Å². The maximum absolute atomic E-state index is 12.3. The number of anilines is 1. The molecular formula is C20H22N4O3. The van der Waals surface area contributed by atoms with Crippen molar-refractivity contribution in [2.75, 3.05) is 12.4 Å². The van der Waals surface area contributed by atoms with Gasteiger partial charge in [0.25, 0.3) is 0 Å². The van der Waals surface area contributed by atoms with Crippen LogP contribution in [0, 0.1) is 20.8 Å². The number of aryl methyl sites for hydroxylation is 4. The first-order valence-corrected chi connectivity index (χ1v) is 8.68. The van der Waals surface area contributed by atoms with Crippen molar-refractivity contribution in [1.82, 2.24) is 15.1 Å². The molecule has 2 heterocycles. The standard InChI is InChI=1S/C20H22N4O3/c1-12-11-13(2)21-14(3)19(12)22-17(25)9-10-18-23-20(24-27-18)15-5-7-16(26-4)8-6-15/h5-8,11H,9-10H2,1-4H3,(H,22,25). The summed E-state index contributed by atoms with van der Waals surface area (Å²) in [5.74, 6) is 1.56. The molecule has 1 N–H and O–H groups in total. The average molecular weight is 366 g/mol. The number of nitrogens with one attached hydrogen (secondary N) is 1. The van der Waals surface area contributed by atoms with Crippen molar-refractivity contribution in [1.29, 1.82) is 0 Å². The molecule has 0 atom stereocenters. The number of aromatic nitrogens is 3. The van der Waals surface area contributed by atoms with Crippen LogP contribution >= 0.6 is 0 Å². The second-order valence-corrected chi connectivity index (χ2v) is 6.33. The molecule has 27 heavy (non-hydrogen) atoms. The summed E-state index contributed by atoms with van der Waals surface area (Å²) in [5, 5.41) is 6.90. The van der Waals surface area contributed by atoms with Gasteiger partial charge in [-0.1, -0.05) is 5.16 Å². The Bertz CT molecular complexity index is 925. The molecule has 0 saturated carbocycles. The van der Waals surface area contributed by atoms with Gasteiger partial charge >= 0.3 is 0 Å². The monoisotopic (exact) mass is 366 g/mol. The number of benzene rings is 1. The molecule has 0 unspecified atom stereocenters. The van der Waals surface area contributed by atoms with E-state index < -0.39 is 0 Å². The van der Waals surface area contributed by atoms with E-state index in [9.17, 15) is 4.79 Å². The fourth-order valence-corrected chi connectivity index (χ4v) is 2.85. The van der Waals surface area contributed by atoms with Crippen molar-refractivity contribution < 1.29 is 14.1 Å². The largest absolute Gasteiger partial charge is 0.497 e. The Hall–Kier alpha value is -3.22. The molecule has 1 amide bonds. The SMILES string of the molecule is COc1ccc(-c2noc(CCC(=O)Nc3c(C)cc(C)nc3C)n2)cc1. The Morgan fingerprint density at radius 1 is 1.15 bits per heavy atom. The molecule has 7 nitrogen and oxygen atoms in total. The summed E-state index contributed by atoms with van der Waals surface area (Å²) < 4.78 is 10.4. The molecule has 0 radical (unpaired) electrons. The molecule has 0 aliphatic heterocycles. The quantitative estimate of drug-likeness (QED) is 0.716. The van der Waals surface area contributed by atoms with E-state index in [4.69, 9.17) is 9.26 Å². The summed E-state index contributed by atoms with van der Waals surface area (Å²) >= 11 is 0. The van der Waals surface area contributed by atoms with E-state index in [1.165, 1.54) is 0 Å². The predicted molar refractivity (Wildman–Crippen MR) is 102 cm³/mol. The van der Waals surface area contributed by atoms with Crippen molar-refractivity contribution in [3.05, 3.63) is 53.2 Å². The molecule has 1 aromatic carbocycles. The number of pyridine rings is 1. The van der Waals surface area contributed by atoms with E-state index in [2.05, 4.69) is 20.4 Å². The highest BCUT2D eigenvalue weighted by atomic mass is 16.5. The van der Waals surface area contributed by atoms with Gasteiger partial charge in [-0.25, -0.2) is 0 Å². The van der Waals surface area contributed by atoms with Crippen LogP contribution < -0.4 is 10.1 Å². The van der Waals surface area contributed by atoms with E-state index in [0.717, 1.165) is 34.0 Å². The van der Waals surface area contributed by atoms with Gasteiger partial charge in [-0.2, -0.15) is 4.98 Å². The Balaban J connectivity index is 1.60. The third-order valence-electron chi connectivity index (χ3n) is 4.17. The first-order valence-electron chi connectivity index (χ1n) is 8.68. The van der Waals surface area contributed by atoms with Crippen LogP contribution in [0.5, 0.6) is 5.75 Å². The predicted octanol–water partition coefficient (Wildman–Crippen LogP) is 3.64. The molecule has 0 aliphatic carbocycles. The lowest BCUT2D eigenvalue weighted by Crippen LogP contribution is -2.15. The van der Waals surface area contributed by atoms with Gasteiger partial charge in [0.05, 0.1) is 18.5 Å². The second-order valence-electron chi connectivity index (χ2n) is 6.33. The van der Waals surface area contributed by atoms with Crippen LogP contribution in [-0.2, 0) is 11.2 Å². The van der Waals surface area contributed by atoms with Gasteiger partial charge in [0.15, 0.2) is 0 Å². The molecule has 3 aromatic rings. The van der Waals surface area contributed by atoms with E-state index in [-0.39, 0.29) is 12.3 Å². The molecule has 140 valence electrons. The van der Waals surface area contributed by atoms with Crippen molar-refractivity contribution in [2.45, 2.75) is 33.6 Å². The van der Waals surface area contributed by atoms with Crippen LogP contribution in [0.1, 0.15) is 29.3 Å². The highest BCUT2D eigenvalue weighted by Crippen LogP contribution is 2.21. The molecule has 0 saturated heterocycles. The third-order valence-corrected chi connectivity index (χ3v) is 4.17. The lowest BCUT2D eigenvalue weighted by atomic mass is 10.1. The zero-order chi connectivity index (χ0) is 19.4. The van der Waals surface area contributed by atoms with E-state index in [0.29, 0.717) is 18.1 Å². The van der Waals surface area contributed by atoms with Gasteiger partial charge in [-0.05, 0) is 56.7 Å². The maximum atomic E-state index is 12.3. The average Bonchev–Trinajstić information content (AvgIpc) is 3.12. The number of amides is 1. The minimum atomic E-state index is -0.115. The number of hydrogen-bond donors (Lipinski definition) is 1. The van der Waals surface area contributed by atoms with Gasteiger partial charge in [0.1, 0.15) is 5.75 Å². The number of carbonyl (C=O) groups excluding carboxylic acids is 1. The van der Waals surface area contributed by atoms with Gasteiger partial charge in [0.2, 0.25) is 17.6 Å². The lowest BCUT2D eigenvalue weighted by Gasteiger charge is -2.11. The minimum absolute atomic E-state index is 0.115. The fraction of sp³-hybridized carbons (Fsp3) is 0.300. The minimum Gasteiger partial charge on any atom is -0.497 e. The second kappa shape index (κ2) is 7.99. The molecule has 0 spiro atoms. The van der Waals surface area contributed by atoms with Gasteiger partial charge in [0, 0.05) is 24.1 Å². The molecule has 0 bridgehead atoms. The van der Waals surface area contributed by atoms with Crippen molar-refractivity contribution in [3.8, 4) is 17.1 Å². The third kappa shape index (κ3) is 4.49. The van der Waals surface area contributed by atoms with Crippen LogP contribution in [0.15, 0.2) is 34.9 Å². The Kier molecular flexibility index (Phi) is 5.49. The smallest absolute Gasteiger partial charge is 0.227 e. The highest BCUT2D eigenvalue weighted by molar-refractivity contribution is 5.92. The molecular weight excluding hydrogens is 344 g/mol. The van der Waals surface area contributed by atoms with Crippen LogP contribution in [-0.4, -0.2) is 28.1 Å². The number of ether oxygens (including phenoxy) is 1. The van der Waals surface area contributed by atoms with E-state index in [1.807, 2.05) is 51.1 Å². The Labute approximate surface area is 157 Å². The summed E-state index contributed by atoms with van der Waals surface area (Å²) in [6.07, 6.45) is 0.614. The number of nitrogens with zero attached hydrogens (tertiary/aromatic N) is 3. The summed E-state index contributed by atoms with van der Waals surface area (Å²) in [7, 11) is 1.61. The van der Waals surface area contributed by atoms with E-state index >= 15 is 0 Å². The summed E-state index contributed by atoms with van der Waals surface area (Å²) in [6, 6.07) is 9.33. The summed E-state index contributed by atoms with van der Waals surface area (Å²) in [5.41, 5.74) is 4.32. The molecule has 3 rings (SSSR count). The number of hydrogen-bond acceptors (Lipinski definition) is 6. The first kappa shape index (κ1) is 18.6. The highest BCUT2D eigenvalue weighted by Gasteiger charge is 2.13. The van der Waals surface area contributed by atoms with Crippen LogP contribution in [0.4, 0.5) is 5.69 Å². The number of methoxy groups -OCH3 is 1. The van der Waals surface area contributed by atoms with Gasteiger partial charge in [-0.15, -0.1) is 0 Å². The maximum Gasteiger partial charge on any atom is 0.227 e. The molecule has 2 aromatic heterocycles. The fourth-order valence-electron chi connectivity index (χ4n) is 2.85. The first-order chi connectivity index (χ1) is 13.0. The van der Waals surface area contributed by atoms with Gasteiger partial charge in [-0.3, -0.25) is 9.78 Å². The van der Waals surface area contributed by atoms with Crippen molar-refractivity contribution in [3.63, 3.8) is 0 Å². The Morgan fingerprint density at radius 2 is 1.89 bits per heavy atom. The number of rotatable bonds is 6. The zero-order valence-electron chi connectivity index (χ0n) is 15.9. The lowest BCUT2D eigenvalue weighted by molar-refractivity contribution is -0.116. The van der Waals surface area contributed by atoms with E-state index in [1.54, 1.807) is 7.11 Å². The van der Waals surface area contributed by atoms with Crippen LogP contribution in [0.2, 0.25) is 0 Å². The zero-order valence-corrected chi connectivity index (χ0v) is 15.9. The molecule has 7 heteroatoms. The topological polar surface area (TPSA) is 90.1 Å². The van der Waals surface area contributed by atoms with Crippen LogP contribution in [0.25, 0.3) is 11.4 Å². The van der Waals surface area contributed by atoms with Gasteiger partial charge < -0.3 is 14.6 Å². The molecule has 0 fully saturated rings. The van der Waals surface area contributed by atoms with Crippen molar-refractivity contribution in [2.24, 2.45) is 0 Å².